The molecule has 0 bridgehead atoms. The van der Waals surface area contributed by atoms with E-state index >= 15 is 0 Å². The van der Waals surface area contributed by atoms with Crippen LogP contribution < -0.4 is 10.1 Å². The minimum atomic E-state index is -0.417. The number of benzene rings is 2. The van der Waals surface area contributed by atoms with E-state index in [0.717, 1.165) is 11.3 Å². The molecule has 0 saturated carbocycles. The monoisotopic (exact) mass is 389 g/mol. The Hall–Kier alpha value is -2.93. The van der Waals surface area contributed by atoms with Crippen molar-refractivity contribution < 1.29 is 18.4 Å². The summed E-state index contributed by atoms with van der Waals surface area (Å²) in [5.41, 5.74) is 1.44. The number of nitrogens with one attached hydrogen (secondary N) is 1. The van der Waals surface area contributed by atoms with Gasteiger partial charge in [-0.3, -0.25) is 4.79 Å². The fraction of sp³-hybridized carbons (Fsp3) is 0.211. The van der Waals surface area contributed by atoms with E-state index in [1.54, 1.807) is 19.2 Å². The van der Waals surface area contributed by atoms with E-state index in [4.69, 9.17) is 20.9 Å². The Kier molecular flexibility index (Phi) is 6.03. The second-order valence-electron chi connectivity index (χ2n) is 5.75. The van der Waals surface area contributed by atoms with Gasteiger partial charge in [-0.2, -0.15) is 4.98 Å². The maximum atomic E-state index is 13.0. The first-order valence-corrected chi connectivity index (χ1v) is 8.60. The third kappa shape index (κ3) is 5.04. The van der Waals surface area contributed by atoms with Gasteiger partial charge in [0.1, 0.15) is 11.6 Å². The van der Waals surface area contributed by atoms with E-state index in [-0.39, 0.29) is 23.9 Å². The maximum absolute atomic E-state index is 13.0. The van der Waals surface area contributed by atoms with Crippen LogP contribution in [0.1, 0.15) is 17.9 Å². The third-order valence-electron chi connectivity index (χ3n) is 3.87. The van der Waals surface area contributed by atoms with Gasteiger partial charge in [0, 0.05) is 30.0 Å². The van der Waals surface area contributed by atoms with Crippen LogP contribution >= 0.6 is 11.6 Å². The summed E-state index contributed by atoms with van der Waals surface area (Å²) in [5.74, 6) is 0.945. The molecule has 8 heteroatoms. The summed E-state index contributed by atoms with van der Waals surface area (Å²) in [7, 11) is 1.59. The number of methoxy groups -OCH3 is 1. The summed E-state index contributed by atoms with van der Waals surface area (Å²) in [6.07, 6.45) is 0.495. The molecule has 0 atom stereocenters. The normalized spacial score (nSPS) is 10.6. The molecule has 0 radical (unpaired) electrons. The molecule has 0 aliphatic heterocycles. The Morgan fingerprint density at radius 1 is 1.26 bits per heavy atom. The van der Waals surface area contributed by atoms with Crippen LogP contribution in [0.5, 0.6) is 5.75 Å². The van der Waals surface area contributed by atoms with Crippen molar-refractivity contribution in [3.05, 3.63) is 64.8 Å². The zero-order valence-corrected chi connectivity index (χ0v) is 15.3. The Labute approximate surface area is 160 Å². The lowest BCUT2D eigenvalue weighted by atomic mass is 10.2. The van der Waals surface area contributed by atoms with Crippen molar-refractivity contribution >= 4 is 17.5 Å². The van der Waals surface area contributed by atoms with Crippen LogP contribution in [0, 0.1) is 5.82 Å². The molecule has 0 aliphatic rings. The van der Waals surface area contributed by atoms with E-state index in [1.807, 2.05) is 12.1 Å². The number of nitrogens with zero attached hydrogens (tertiary/aromatic N) is 2. The van der Waals surface area contributed by atoms with Crippen LogP contribution in [0.3, 0.4) is 0 Å². The minimum absolute atomic E-state index is 0.184. The average molecular weight is 390 g/mol. The van der Waals surface area contributed by atoms with E-state index in [2.05, 4.69) is 15.5 Å². The molecule has 3 aromatic rings. The van der Waals surface area contributed by atoms with E-state index in [0.29, 0.717) is 23.7 Å². The van der Waals surface area contributed by atoms with Crippen LogP contribution in [-0.2, 0) is 17.8 Å². The van der Waals surface area contributed by atoms with Gasteiger partial charge in [-0.15, -0.1) is 0 Å². The van der Waals surface area contributed by atoms with Crippen LogP contribution in [0.25, 0.3) is 11.4 Å². The van der Waals surface area contributed by atoms with E-state index in [1.165, 1.54) is 18.2 Å². The Bertz CT molecular complexity index is 928. The zero-order chi connectivity index (χ0) is 19.2. The van der Waals surface area contributed by atoms with Crippen molar-refractivity contribution in [2.45, 2.75) is 19.4 Å². The highest BCUT2D eigenvalue weighted by molar-refractivity contribution is 6.31. The number of aryl methyl sites for hydroxylation is 1. The Balaban J connectivity index is 1.51. The fourth-order valence-electron chi connectivity index (χ4n) is 2.38. The van der Waals surface area contributed by atoms with E-state index < -0.39 is 5.82 Å². The van der Waals surface area contributed by atoms with Gasteiger partial charge in [-0.05, 0) is 42.0 Å². The Morgan fingerprint density at radius 3 is 2.74 bits per heavy atom. The molecular formula is C19H17ClFN3O3. The van der Waals surface area contributed by atoms with Gasteiger partial charge < -0.3 is 14.6 Å². The van der Waals surface area contributed by atoms with Gasteiger partial charge in [0.05, 0.1) is 7.11 Å². The quantitative estimate of drug-likeness (QED) is 0.665. The molecule has 1 amide bonds. The lowest BCUT2D eigenvalue weighted by molar-refractivity contribution is -0.121. The van der Waals surface area contributed by atoms with Gasteiger partial charge in [-0.1, -0.05) is 22.8 Å². The summed E-state index contributed by atoms with van der Waals surface area (Å²) in [6.45, 7) is 0.221. The number of aromatic nitrogens is 2. The number of carbonyl (C=O) groups excluding carboxylic acids is 1. The highest BCUT2D eigenvalue weighted by Gasteiger charge is 2.11. The second-order valence-corrected chi connectivity index (χ2v) is 6.16. The second kappa shape index (κ2) is 8.64. The first kappa shape index (κ1) is 18.8. The standard InChI is InChI=1S/C19H17ClFN3O3/c1-26-15-6-3-12(4-7-15)19-23-18(27-24-19)9-8-17(25)22-11-13-2-5-14(21)10-16(13)20/h2-7,10H,8-9,11H2,1H3,(H,22,25). The molecule has 140 valence electrons. The summed E-state index contributed by atoms with van der Waals surface area (Å²) in [5, 5.41) is 6.93. The predicted octanol–water partition coefficient (Wildman–Crippen LogP) is 3.79. The van der Waals surface area contributed by atoms with Gasteiger partial charge in [0.25, 0.3) is 0 Å². The Morgan fingerprint density at radius 2 is 2.04 bits per heavy atom. The number of carbonyl (C=O) groups is 1. The summed E-state index contributed by atoms with van der Waals surface area (Å²) >= 11 is 5.93. The lowest BCUT2D eigenvalue weighted by Crippen LogP contribution is -2.23. The highest BCUT2D eigenvalue weighted by atomic mass is 35.5. The number of hydrogen-bond acceptors (Lipinski definition) is 5. The first-order chi connectivity index (χ1) is 13.0. The largest absolute Gasteiger partial charge is 0.497 e. The van der Waals surface area contributed by atoms with Crippen molar-refractivity contribution in [3.8, 4) is 17.1 Å². The molecule has 6 nitrogen and oxygen atoms in total. The number of rotatable bonds is 7. The molecule has 1 N–H and O–H groups in total. The lowest BCUT2D eigenvalue weighted by Gasteiger charge is -2.06. The topological polar surface area (TPSA) is 77.2 Å². The third-order valence-corrected chi connectivity index (χ3v) is 4.23. The van der Waals surface area contributed by atoms with Gasteiger partial charge >= 0.3 is 0 Å². The van der Waals surface area contributed by atoms with Crippen molar-refractivity contribution in [1.29, 1.82) is 0 Å². The SMILES string of the molecule is COc1ccc(-c2noc(CCC(=O)NCc3ccc(F)cc3Cl)n2)cc1. The molecule has 0 saturated heterocycles. The summed E-state index contributed by atoms with van der Waals surface area (Å²) < 4.78 is 23.3. The molecule has 0 fully saturated rings. The minimum Gasteiger partial charge on any atom is -0.497 e. The molecule has 0 aliphatic carbocycles. The maximum Gasteiger partial charge on any atom is 0.227 e. The molecule has 2 aromatic carbocycles. The molecule has 0 unspecified atom stereocenters. The van der Waals surface area contributed by atoms with E-state index in [9.17, 15) is 9.18 Å². The van der Waals surface area contributed by atoms with Crippen molar-refractivity contribution in [2.75, 3.05) is 7.11 Å². The van der Waals surface area contributed by atoms with Gasteiger partial charge in [0.15, 0.2) is 0 Å². The summed E-state index contributed by atoms with van der Waals surface area (Å²) in [6, 6.07) is 11.3. The molecule has 27 heavy (non-hydrogen) atoms. The average Bonchev–Trinajstić information content (AvgIpc) is 3.15. The number of amides is 1. The molecule has 1 aromatic heterocycles. The van der Waals surface area contributed by atoms with Crippen molar-refractivity contribution in [2.24, 2.45) is 0 Å². The smallest absolute Gasteiger partial charge is 0.227 e. The summed E-state index contributed by atoms with van der Waals surface area (Å²) in [4.78, 5) is 16.3. The number of halogens is 2. The predicted molar refractivity (Wildman–Crippen MR) is 97.9 cm³/mol. The molecular weight excluding hydrogens is 373 g/mol. The fourth-order valence-corrected chi connectivity index (χ4v) is 2.62. The van der Waals surface area contributed by atoms with Crippen LogP contribution in [-0.4, -0.2) is 23.2 Å². The van der Waals surface area contributed by atoms with Crippen molar-refractivity contribution in [1.82, 2.24) is 15.5 Å². The van der Waals surface area contributed by atoms with Crippen LogP contribution in [0.15, 0.2) is 47.0 Å². The highest BCUT2D eigenvalue weighted by Crippen LogP contribution is 2.20. The molecule has 3 rings (SSSR count). The van der Waals surface area contributed by atoms with Crippen LogP contribution in [0.4, 0.5) is 4.39 Å². The molecule has 0 spiro atoms. The number of ether oxygens (including phenoxy) is 1. The number of hydrogen-bond donors (Lipinski definition) is 1. The zero-order valence-electron chi connectivity index (χ0n) is 14.5. The van der Waals surface area contributed by atoms with Gasteiger partial charge in [0.2, 0.25) is 17.6 Å². The van der Waals surface area contributed by atoms with Gasteiger partial charge in [-0.25, -0.2) is 4.39 Å². The first-order valence-electron chi connectivity index (χ1n) is 8.23. The van der Waals surface area contributed by atoms with Crippen molar-refractivity contribution in [3.63, 3.8) is 0 Å². The van der Waals surface area contributed by atoms with Crippen LogP contribution in [0.2, 0.25) is 5.02 Å². The molecule has 1 heterocycles.